The second kappa shape index (κ2) is 4.49. The minimum atomic E-state index is 0.633. The largest absolute Gasteiger partial charge is 0.192 e. The molecule has 1 saturated carbocycles. The lowest BCUT2D eigenvalue weighted by atomic mass is 9.82. The number of hydrogen-bond acceptors (Lipinski definition) is 1. The van der Waals surface area contributed by atoms with Gasteiger partial charge in [-0.3, -0.25) is 0 Å². The number of hydrogen-bond donors (Lipinski definition) is 0. The van der Waals surface area contributed by atoms with Gasteiger partial charge in [-0.25, -0.2) is 0 Å². The predicted octanol–water partition coefficient (Wildman–Crippen LogP) is 3.91. The molecule has 0 saturated heterocycles. The smallest absolute Gasteiger partial charge is 0.0994 e. The molecule has 0 N–H and O–H groups in total. The Balaban J connectivity index is 2.30. The van der Waals surface area contributed by atoms with Gasteiger partial charge in [0, 0.05) is 0 Å². The highest BCUT2D eigenvalue weighted by atomic mass is 14.3. The maximum atomic E-state index is 9.12. The summed E-state index contributed by atoms with van der Waals surface area (Å²) in [5.41, 5.74) is 3.36. The normalized spacial score (nSPS) is 17.3. The zero-order valence-electron chi connectivity index (χ0n) is 9.29. The molecule has 0 atom stereocenters. The molecule has 0 bridgehead atoms. The standard InChI is InChI=1S/C14H17N/c1-11-7-8-14(13(9-11)10-15)12-5-3-2-4-6-12/h7-9,12H,2-6H2,1H3. The lowest BCUT2D eigenvalue weighted by molar-refractivity contribution is 0.443. The van der Waals surface area contributed by atoms with E-state index in [1.165, 1.54) is 43.2 Å². The first kappa shape index (κ1) is 10.2. The molecule has 1 nitrogen and oxygen atoms in total. The zero-order valence-corrected chi connectivity index (χ0v) is 9.29. The highest BCUT2D eigenvalue weighted by Crippen LogP contribution is 2.34. The fraction of sp³-hybridized carbons (Fsp3) is 0.500. The molecule has 0 amide bonds. The Hall–Kier alpha value is -1.29. The third kappa shape index (κ3) is 2.21. The first-order valence-corrected chi connectivity index (χ1v) is 5.82. The minimum Gasteiger partial charge on any atom is -0.192 e. The van der Waals surface area contributed by atoms with Crippen molar-refractivity contribution in [1.82, 2.24) is 0 Å². The molecule has 0 aliphatic heterocycles. The van der Waals surface area contributed by atoms with Crippen LogP contribution in [0.4, 0.5) is 0 Å². The first-order valence-electron chi connectivity index (χ1n) is 5.82. The maximum absolute atomic E-state index is 9.12. The Morgan fingerprint density at radius 3 is 2.60 bits per heavy atom. The van der Waals surface area contributed by atoms with E-state index < -0.39 is 0 Å². The van der Waals surface area contributed by atoms with Gasteiger partial charge in [0.05, 0.1) is 11.6 Å². The molecule has 0 spiro atoms. The lowest BCUT2D eigenvalue weighted by Gasteiger charge is -2.22. The van der Waals surface area contributed by atoms with Crippen LogP contribution in [-0.4, -0.2) is 0 Å². The summed E-state index contributed by atoms with van der Waals surface area (Å²) >= 11 is 0. The van der Waals surface area contributed by atoms with Gasteiger partial charge in [-0.1, -0.05) is 31.4 Å². The van der Waals surface area contributed by atoms with E-state index in [1.54, 1.807) is 0 Å². The molecule has 1 heteroatoms. The summed E-state index contributed by atoms with van der Waals surface area (Å²) in [6.45, 7) is 2.05. The van der Waals surface area contributed by atoms with Gasteiger partial charge in [-0.15, -0.1) is 0 Å². The number of benzene rings is 1. The molecule has 0 heterocycles. The van der Waals surface area contributed by atoms with Crippen molar-refractivity contribution < 1.29 is 0 Å². The third-order valence-electron chi connectivity index (χ3n) is 3.37. The summed E-state index contributed by atoms with van der Waals surface area (Å²) in [7, 11) is 0. The quantitative estimate of drug-likeness (QED) is 0.672. The van der Waals surface area contributed by atoms with Gasteiger partial charge in [0.1, 0.15) is 0 Å². The monoisotopic (exact) mass is 199 g/mol. The number of rotatable bonds is 1. The van der Waals surface area contributed by atoms with Crippen LogP contribution in [0.5, 0.6) is 0 Å². The van der Waals surface area contributed by atoms with Gasteiger partial charge in [-0.05, 0) is 42.9 Å². The Labute approximate surface area is 91.7 Å². The first-order chi connectivity index (χ1) is 7.31. The van der Waals surface area contributed by atoms with Crippen molar-refractivity contribution in [2.45, 2.75) is 44.9 Å². The molecule has 1 aliphatic rings. The van der Waals surface area contributed by atoms with E-state index in [0.29, 0.717) is 5.92 Å². The molecule has 1 fully saturated rings. The Morgan fingerprint density at radius 1 is 1.20 bits per heavy atom. The topological polar surface area (TPSA) is 23.8 Å². The van der Waals surface area contributed by atoms with Crippen LogP contribution in [0.15, 0.2) is 18.2 Å². The van der Waals surface area contributed by atoms with E-state index in [-0.39, 0.29) is 0 Å². The van der Waals surface area contributed by atoms with Gasteiger partial charge in [0.25, 0.3) is 0 Å². The molecule has 1 aromatic rings. The van der Waals surface area contributed by atoms with Crippen LogP contribution >= 0.6 is 0 Å². The van der Waals surface area contributed by atoms with E-state index in [4.69, 9.17) is 5.26 Å². The van der Waals surface area contributed by atoms with Crippen molar-refractivity contribution in [1.29, 1.82) is 5.26 Å². The highest BCUT2D eigenvalue weighted by Gasteiger charge is 2.18. The highest BCUT2D eigenvalue weighted by molar-refractivity contribution is 5.42. The summed E-state index contributed by atoms with van der Waals surface area (Å²) in [6.07, 6.45) is 6.53. The molecule has 78 valence electrons. The van der Waals surface area contributed by atoms with Gasteiger partial charge in [-0.2, -0.15) is 5.26 Å². The molecular weight excluding hydrogens is 182 g/mol. The number of nitrogens with zero attached hydrogens (tertiary/aromatic N) is 1. The van der Waals surface area contributed by atoms with Crippen LogP contribution in [0.3, 0.4) is 0 Å². The Kier molecular flexibility index (Phi) is 3.06. The molecule has 0 aromatic heterocycles. The van der Waals surface area contributed by atoms with Crippen LogP contribution < -0.4 is 0 Å². The average molecular weight is 199 g/mol. The van der Waals surface area contributed by atoms with Crippen molar-refractivity contribution in [3.05, 3.63) is 34.9 Å². The maximum Gasteiger partial charge on any atom is 0.0994 e. The van der Waals surface area contributed by atoms with Crippen LogP contribution in [0.2, 0.25) is 0 Å². The number of aryl methyl sites for hydroxylation is 1. The molecule has 0 unspecified atom stereocenters. The molecule has 1 aliphatic carbocycles. The molecule has 1 aromatic carbocycles. The Bertz CT molecular complexity index is 381. The minimum absolute atomic E-state index is 0.633. The third-order valence-corrected chi connectivity index (χ3v) is 3.37. The van der Waals surface area contributed by atoms with E-state index in [9.17, 15) is 0 Å². The van der Waals surface area contributed by atoms with Crippen molar-refractivity contribution in [2.75, 3.05) is 0 Å². The molecule has 15 heavy (non-hydrogen) atoms. The van der Waals surface area contributed by atoms with Crippen LogP contribution in [0, 0.1) is 18.3 Å². The Morgan fingerprint density at radius 2 is 1.93 bits per heavy atom. The zero-order chi connectivity index (χ0) is 10.7. The van der Waals surface area contributed by atoms with E-state index >= 15 is 0 Å². The predicted molar refractivity (Wildman–Crippen MR) is 61.7 cm³/mol. The van der Waals surface area contributed by atoms with E-state index in [2.05, 4.69) is 18.2 Å². The molecule has 2 rings (SSSR count). The fourth-order valence-electron chi connectivity index (χ4n) is 2.54. The average Bonchev–Trinajstić information content (AvgIpc) is 2.30. The summed E-state index contributed by atoms with van der Waals surface area (Å²) in [5.74, 6) is 0.633. The van der Waals surface area contributed by atoms with Crippen LogP contribution in [0.1, 0.15) is 54.7 Å². The summed E-state index contributed by atoms with van der Waals surface area (Å²) in [5, 5.41) is 9.12. The summed E-state index contributed by atoms with van der Waals surface area (Å²) in [6, 6.07) is 8.64. The fourth-order valence-corrected chi connectivity index (χ4v) is 2.54. The van der Waals surface area contributed by atoms with Crippen molar-refractivity contribution in [2.24, 2.45) is 0 Å². The second-order valence-corrected chi connectivity index (χ2v) is 4.54. The number of nitriles is 1. The van der Waals surface area contributed by atoms with Crippen molar-refractivity contribution >= 4 is 0 Å². The summed E-state index contributed by atoms with van der Waals surface area (Å²) in [4.78, 5) is 0. The van der Waals surface area contributed by atoms with Gasteiger partial charge in [0.15, 0.2) is 0 Å². The van der Waals surface area contributed by atoms with E-state index in [0.717, 1.165) is 5.56 Å². The molecular formula is C14H17N. The molecule has 0 radical (unpaired) electrons. The lowest BCUT2D eigenvalue weighted by Crippen LogP contribution is -2.06. The van der Waals surface area contributed by atoms with Gasteiger partial charge >= 0.3 is 0 Å². The SMILES string of the molecule is Cc1ccc(C2CCCCC2)c(C#N)c1. The van der Waals surface area contributed by atoms with Crippen LogP contribution in [0.25, 0.3) is 0 Å². The second-order valence-electron chi connectivity index (χ2n) is 4.54. The van der Waals surface area contributed by atoms with Gasteiger partial charge in [0.2, 0.25) is 0 Å². The van der Waals surface area contributed by atoms with Crippen molar-refractivity contribution in [3.8, 4) is 6.07 Å². The van der Waals surface area contributed by atoms with Gasteiger partial charge < -0.3 is 0 Å². The van der Waals surface area contributed by atoms with Crippen molar-refractivity contribution in [3.63, 3.8) is 0 Å². The van der Waals surface area contributed by atoms with E-state index in [1.807, 2.05) is 13.0 Å². The summed E-state index contributed by atoms with van der Waals surface area (Å²) < 4.78 is 0. The van der Waals surface area contributed by atoms with Crippen LogP contribution in [-0.2, 0) is 0 Å².